The van der Waals surface area contributed by atoms with Crippen LogP contribution in [0.4, 0.5) is 0 Å². The molecule has 198 valence electrons. The highest BCUT2D eigenvalue weighted by Gasteiger charge is 2.22. The first-order valence-corrected chi connectivity index (χ1v) is 12.0. The van der Waals surface area contributed by atoms with Gasteiger partial charge in [-0.05, 0) is 0 Å². The van der Waals surface area contributed by atoms with Crippen LogP contribution in [-0.2, 0) is 47.5 Å². The third-order valence-corrected chi connectivity index (χ3v) is 4.34. The van der Waals surface area contributed by atoms with E-state index >= 15 is 0 Å². The Labute approximate surface area is 206 Å². The van der Waals surface area contributed by atoms with Gasteiger partial charge in [-0.15, -0.1) is 11.6 Å². The molecule has 0 spiro atoms. The minimum Gasteiger partial charge on any atom is -0.378 e. The van der Waals surface area contributed by atoms with E-state index in [-0.39, 0.29) is 25.0 Å². The maximum Gasteiger partial charge on any atom is 0.253 e. The standard InChI is InChI=1S/C22H38ClNO10/c23-3-5-27-7-9-29-11-13-31-15-17-33-19-20-34-18-16-32-14-12-30-10-8-28-6-4-24-21(25)1-2-22(24)26/h1-2H,3-20H2. The first-order valence-electron chi connectivity index (χ1n) is 11.5. The van der Waals surface area contributed by atoms with Gasteiger partial charge in [-0.2, -0.15) is 0 Å². The minimum atomic E-state index is -0.303. The molecule has 11 nitrogen and oxygen atoms in total. The van der Waals surface area contributed by atoms with Crippen molar-refractivity contribution in [1.82, 2.24) is 4.90 Å². The second kappa shape index (κ2) is 23.6. The summed E-state index contributed by atoms with van der Waals surface area (Å²) in [5, 5.41) is 0. The molecule has 1 aliphatic rings. The lowest BCUT2D eigenvalue weighted by Gasteiger charge is -2.13. The fourth-order valence-corrected chi connectivity index (χ4v) is 2.61. The van der Waals surface area contributed by atoms with E-state index in [1.807, 2.05) is 0 Å². The van der Waals surface area contributed by atoms with Crippen LogP contribution in [0.5, 0.6) is 0 Å². The quantitative estimate of drug-likeness (QED) is 0.0912. The molecule has 0 atom stereocenters. The Morgan fingerprint density at radius 1 is 0.471 bits per heavy atom. The summed E-state index contributed by atoms with van der Waals surface area (Å²) >= 11 is 5.49. The zero-order valence-electron chi connectivity index (χ0n) is 19.8. The van der Waals surface area contributed by atoms with Crippen molar-refractivity contribution in [2.24, 2.45) is 0 Å². The van der Waals surface area contributed by atoms with Crippen LogP contribution in [0.2, 0.25) is 0 Å². The van der Waals surface area contributed by atoms with Crippen LogP contribution in [0.1, 0.15) is 0 Å². The van der Waals surface area contributed by atoms with E-state index in [2.05, 4.69) is 0 Å². The molecule has 0 aliphatic carbocycles. The number of carbonyl (C=O) groups is 2. The molecule has 12 heteroatoms. The number of rotatable bonds is 26. The highest BCUT2D eigenvalue weighted by atomic mass is 35.5. The zero-order valence-corrected chi connectivity index (χ0v) is 20.5. The van der Waals surface area contributed by atoms with Crippen molar-refractivity contribution in [3.05, 3.63) is 12.2 Å². The molecule has 0 saturated carbocycles. The lowest BCUT2D eigenvalue weighted by molar-refractivity contribution is -0.137. The summed E-state index contributed by atoms with van der Waals surface area (Å²) < 4.78 is 42.9. The Hall–Kier alpha value is -1.15. The monoisotopic (exact) mass is 511 g/mol. The number of hydrogen-bond donors (Lipinski definition) is 0. The van der Waals surface area contributed by atoms with Crippen molar-refractivity contribution in [3.63, 3.8) is 0 Å². The van der Waals surface area contributed by atoms with E-state index < -0.39 is 0 Å². The largest absolute Gasteiger partial charge is 0.378 e. The van der Waals surface area contributed by atoms with Crippen LogP contribution in [0.3, 0.4) is 0 Å². The van der Waals surface area contributed by atoms with Gasteiger partial charge in [0.2, 0.25) is 0 Å². The van der Waals surface area contributed by atoms with E-state index in [0.717, 1.165) is 4.90 Å². The maximum absolute atomic E-state index is 11.3. The van der Waals surface area contributed by atoms with Crippen LogP contribution in [0, 0.1) is 0 Å². The second-order valence-corrected chi connectivity index (χ2v) is 7.13. The first-order chi connectivity index (χ1) is 16.8. The number of halogens is 1. The molecule has 0 unspecified atom stereocenters. The van der Waals surface area contributed by atoms with E-state index in [9.17, 15) is 9.59 Å². The van der Waals surface area contributed by atoms with Gasteiger partial charge >= 0.3 is 0 Å². The van der Waals surface area contributed by atoms with Crippen molar-refractivity contribution in [1.29, 1.82) is 0 Å². The summed E-state index contributed by atoms with van der Waals surface area (Å²) in [5.74, 6) is -0.114. The Morgan fingerprint density at radius 3 is 1.03 bits per heavy atom. The van der Waals surface area contributed by atoms with E-state index in [1.165, 1.54) is 12.2 Å². The van der Waals surface area contributed by atoms with Crippen LogP contribution in [0.25, 0.3) is 0 Å². The number of ether oxygens (including phenoxy) is 8. The van der Waals surface area contributed by atoms with Gasteiger partial charge in [0.25, 0.3) is 11.8 Å². The number of imide groups is 1. The third-order valence-electron chi connectivity index (χ3n) is 4.19. The molecule has 0 N–H and O–H groups in total. The fourth-order valence-electron chi connectivity index (χ4n) is 2.50. The SMILES string of the molecule is O=C1C=CC(=O)N1CCOCCOCCOCCOCCOCCOCCOCCOCCCl. The molecule has 0 radical (unpaired) electrons. The third kappa shape index (κ3) is 18.2. The van der Waals surface area contributed by atoms with Gasteiger partial charge in [-0.3, -0.25) is 14.5 Å². The molecule has 0 aromatic rings. The van der Waals surface area contributed by atoms with Crippen molar-refractivity contribution in [2.45, 2.75) is 0 Å². The van der Waals surface area contributed by atoms with Gasteiger partial charge in [0, 0.05) is 18.0 Å². The van der Waals surface area contributed by atoms with Crippen LogP contribution in [0.15, 0.2) is 12.2 Å². The Balaban J connectivity index is 1.66. The molecule has 0 fully saturated rings. The lowest BCUT2D eigenvalue weighted by Crippen LogP contribution is -2.33. The van der Waals surface area contributed by atoms with Gasteiger partial charge in [0.1, 0.15) is 0 Å². The fraction of sp³-hybridized carbons (Fsp3) is 0.818. The molecular weight excluding hydrogens is 474 g/mol. The minimum absolute atomic E-state index is 0.245. The lowest BCUT2D eigenvalue weighted by atomic mass is 10.5. The highest BCUT2D eigenvalue weighted by molar-refractivity contribution is 6.18. The summed E-state index contributed by atoms with van der Waals surface area (Å²) in [6.45, 7) is 7.87. The van der Waals surface area contributed by atoms with Crippen molar-refractivity contribution >= 4 is 23.4 Å². The topological polar surface area (TPSA) is 111 Å². The van der Waals surface area contributed by atoms with Gasteiger partial charge in [0.05, 0.1) is 112 Å². The van der Waals surface area contributed by atoms with Crippen molar-refractivity contribution in [3.8, 4) is 0 Å². The first kappa shape index (κ1) is 30.9. The predicted octanol–water partition coefficient (Wildman–Crippen LogP) is 0.283. The van der Waals surface area contributed by atoms with Crippen LogP contribution < -0.4 is 0 Å². The van der Waals surface area contributed by atoms with Gasteiger partial charge in [0.15, 0.2) is 0 Å². The Morgan fingerprint density at radius 2 is 0.735 bits per heavy atom. The summed E-state index contributed by atoms with van der Waals surface area (Å²) in [7, 11) is 0. The van der Waals surface area contributed by atoms with Gasteiger partial charge in [-0.1, -0.05) is 0 Å². The zero-order chi connectivity index (χ0) is 24.5. The van der Waals surface area contributed by atoms with Crippen molar-refractivity contribution in [2.75, 3.05) is 118 Å². The van der Waals surface area contributed by atoms with Crippen LogP contribution in [-0.4, -0.2) is 135 Å². The summed E-state index contributed by atoms with van der Waals surface area (Å²) in [4.78, 5) is 23.8. The molecule has 0 bridgehead atoms. The average Bonchev–Trinajstić information content (AvgIpc) is 3.16. The predicted molar refractivity (Wildman–Crippen MR) is 123 cm³/mol. The molecule has 0 aromatic carbocycles. The van der Waals surface area contributed by atoms with E-state index in [4.69, 9.17) is 49.5 Å². The van der Waals surface area contributed by atoms with E-state index in [1.54, 1.807) is 0 Å². The van der Waals surface area contributed by atoms with Gasteiger partial charge < -0.3 is 37.9 Å². The molecule has 0 aromatic heterocycles. The molecule has 2 amide bonds. The summed E-state index contributed by atoms with van der Waals surface area (Å²) in [5.41, 5.74) is 0. The normalized spacial score (nSPS) is 13.5. The molecular formula is C22H38ClNO10. The molecule has 1 rings (SSSR count). The second-order valence-electron chi connectivity index (χ2n) is 6.75. The Kier molecular flexibility index (Phi) is 21.4. The number of hydrogen-bond acceptors (Lipinski definition) is 10. The van der Waals surface area contributed by atoms with Crippen LogP contribution >= 0.6 is 11.6 Å². The number of carbonyl (C=O) groups excluding carboxylic acids is 2. The van der Waals surface area contributed by atoms with Gasteiger partial charge in [-0.25, -0.2) is 0 Å². The number of amides is 2. The highest BCUT2D eigenvalue weighted by Crippen LogP contribution is 2.02. The maximum atomic E-state index is 11.3. The number of nitrogens with zero attached hydrogens (tertiary/aromatic N) is 1. The Bertz CT molecular complexity index is 520. The summed E-state index contributed by atoms with van der Waals surface area (Å²) in [6.07, 6.45) is 2.51. The molecule has 0 saturated heterocycles. The summed E-state index contributed by atoms with van der Waals surface area (Å²) in [6, 6.07) is 0. The smallest absolute Gasteiger partial charge is 0.253 e. The molecule has 34 heavy (non-hydrogen) atoms. The molecule has 1 aliphatic heterocycles. The number of alkyl halides is 1. The molecule has 1 heterocycles. The average molecular weight is 512 g/mol. The van der Waals surface area contributed by atoms with Crippen molar-refractivity contribution < 1.29 is 47.5 Å². The van der Waals surface area contributed by atoms with E-state index in [0.29, 0.717) is 105 Å².